The Hall–Kier alpha value is -2.83. The van der Waals surface area contributed by atoms with E-state index in [0.717, 1.165) is 41.9 Å². The molecule has 0 spiro atoms. The third kappa shape index (κ3) is 5.45. The molecule has 7 nitrogen and oxygen atoms in total. The molecule has 1 unspecified atom stereocenters. The lowest BCUT2D eigenvalue weighted by molar-refractivity contribution is -0.113. The minimum atomic E-state index is -0.134. The molecule has 1 aliphatic rings. The summed E-state index contributed by atoms with van der Waals surface area (Å²) in [6, 6.07) is 10.5. The van der Waals surface area contributed by atoms with Crippen molar-refractivity contribution in [2.24, 2.45) is 11.3 Å². The number of aromatic nitrogens is 3. The Morgan fingerprint density at radius 1 is 1.28 bits per heavy atom. The molecule has 9 heteroatoms. The van der Waals surface area contributed by atoms with Crippen LogP contribution < -0.4 is 10.2 Å². The van der Waals surface area contributed by atoms with Gasteiger partial charge in [0.1, 0.15) is 11.1 Å². The molecule has 36 heavy (non-hydrogen) atoms. The number of thioether (sulfide) groups is 1. The molecule has 2 aromatic heterocycles. The van der Waals surface area contributed by atoms with E-state index < -0.39 is 0 Å². The van der Waals surface area contributed by atoms with Crippen LogP contribution in [0.25, 0.3) is 11.4 Å². The fourth-order valence-corrected chi connectivity index (χ4v) is 6.72. The van der Waals surface area contributed by atoms with Gasteiger partial charge in [-0.15, -0.1) is 21.5 Å². The predicted molar refractivity (Wildman–Crippen MR) is 149 cm³/mol. The maximum atomic E-state index is 12.9. The van der Waals surface area contributed by atoms with Crippen LogP contribution in [0.2, 0.25) is 0 Å². The number of rotatable bonds is 7. The van der Waals surface area contributed by atoms with Crippen molar-refractivity contribution >= 4 is 39.7 Å². The van der Waals surface area contributed by atoms with Gasteiger partial charge in [0, 0.05) is 36.8 Å². The second-order valence-electron chi connectivity index (χ2n) is 10.5. The SMILES string of the molecule is CCn1c(SCC(=O)Nc2sc3c(c2C#N)CCC(C(C)(C)C)C3)nnc1-c1ccc(N(C)C)cc1. The maximum absolute atomic E-state index is 12.9. The van der Waals surface area contributed by atoms with E-state index in [1.807, 2.05) is 37.7 Å². The van der Waals surface area contributed by atoms with E-state index in [2.05, 4.69) is 59.4 Å². The molecule has 0 radical (unpaired) electrons. The van der Waals surface area contributed by atoms with Gasteiger partial charge in [0.05, 0.1) is 11.3 Å². The van der Waals surface area contributed by atoms with Crippen molar-refractivity contribution in [1.82, 2.24) is 14.8 Å². The Labute approximate surface area is 221 Å². The maximum Gasteiger partial charge on any atom is 0.235 e. The first kappa shape index (κ1) is 26.2. The van der Waals surface area contributed by atoms with Gasteiger partial charge in [0.15, 0.2) is 11.0 Å². The molecule has 4 rings (SSSR count). The summed E-state index contributed by atoms with van der Waals surface area (Å²) in [7, 11) is 4.02. The third-order valence-electron chi connectivity index (χ3n) is 6.86. The lowest BCUT2D eigenvalue weighted by Crippen LogP contribution is -2.26. The number of thiophene rings is 1. The summed E-state index contributed by atoms with van der Waals surface area (Å²) in [5, 5.41) is 23.0. The Balaban J connectivity index is 1.44. The van der Waals surface area contributed by atoms with Crippen LogP contribution in [0, 0.1) is 22.7 Å². The number of carbonyl (C=O) groups excluding carboxylic acids is 1. The smallest absolute Gasteiger partial charge is 0.235 e. The highest BCUT2D eigenvalue weighted by atomic mass is 32.2. The average molecular weight is 523 g/mol. The summed E-state index contributed by atoms with van der Waals surface area (Å²) < 4.78 is 2.03. The van der Waals surface area contributed by atoms with Gasteiger partial charge in [0.25, 0.3) is 0 Å². The lowest BCUT2D eigenvalue weighted by Gasteiger charge is -2.33. The summed E-state index contributed by atoms with van der Waals surface area (Å²) in [6.45, 7) is 9.58. The highest BCUT2D eigenvalue weighted by Gasteiger charge is 2.32. The number of nitrogens with one attached hydrogen (secondary N) is 1. The third-order valence-corrected chi connectivity index (χ3v) is 9.00. The molecule has 0 saturated carbocycles. The number of hydrogen-bond donors (Lipinski definition) is 1. The second-order valence-corrected chi connectivity index (χ2v) is 12.5. The van der Waals surface area contributed by atoms with Gasteiger partial charge in [-0.2, -0.15) is 5.26 Å². The van der Waals surface area contributed by atoms with Crippen LogP contribution in [0.4, 0.5) is 10.7 Å². The average Bonchev–Trinajstić information content (AvgIpc) is 3.41. The zero-order valence-corrected chi connectivity index (χ0v) is 23.5. The fraction of sp³-hybridized carbons (Fsp3) is 0.481. The number of benzene rings is 1. The quantitative estimate of drug-likeness (QED) is 0.392. The minimum absolute atomic E-state index is 0.134. The zero-order chi connectivity index (χ0) is 26.0. The van der Waals surface area contributed by atoms with Gasteiger partial charge in [0.2, 0.25) is 5.91 Å². The van der Waals surface area contributed by atoms with Crippen molar-refractivity contribution in [2.45, 2.75) is 58.7 Å². The molecule has 0 fully saturated rings. The van der Waals surface area contributed by atoms with Crippen molar-refractivity contribution in [2.75, 3.05) is 30.1 Å². The zero-order valence-electron chi connectivity index (χ0n) is 21.9. The van der Waals surface area contributed by atoms with Crippen LogP contribution >= 0.6 is 23.1 Å². The van der Waals surface area contributed by atoms with Gasteiger partial charge in [-0.25, -0.2) is 0 Å². The number of fused-ring (bicyclic) bond motifs is 1. The molecule has 0 saturated heterocycles. The van der Waals surface area contributed by atoms with Crippen LogP contribution in [0.1, 0.15) is 50.1 Å². The molecule has 0 bridgehead atoms. The highest BCUT2D eigenvalue weighted by molar-refractivity contribution is 7.99. The summed E-state index contributed by atoms with van der Waals surface area (Å²) >= 11 is 2.93. The first-order valence-corrected chi connectivity index (χ1v) is 14.1. The van der Waals surface area contributed by atoms with Crippen molar-refractivity contribution in [3.05, 3.63) is 40.3 Å². The van der Waals surface area contributed by atoms with Gasteiger partial charge in [-0.1, -0.05) is 32.5 Å². The number of nitriles is 1. The first-order valence-electron chi connectivity index (χ1n) is 12.3. The number of anilines is 2. The summed E-state index contributed by atoms with van der Waals surface area (Å²) in [6.07, 6.45) is 2.96. The number of hydrogen-bond acceptors (Lipinski definition) is 7. The van der Waals surface area contributed by atoms with E-state index in [9.17, 15) is 10.1 Å². The largest absolute Gasteiger partial charge is 0.378 e. The molecule has 3 aromatic rings. The molecular formula is C27H34N6OS2. The van der Waals surface area contributed by atoms with Gasteiger partial charge < -0.3 is 14.8 Å². The summed E-state index contributed by atoms with van der Waals surface area (Å²) in [4.78, 5) is 16.2. The molecule has 1 aromatic carbocycles. The second kappa shape index (κ2) is 10.7. The van der Waals surface area contributed by atoms with Crippen molar-refractivity contribution in [3.8, 4) is 17.5 Å². The van der Waals surface area contributed by atoms with Crippen molar-refractivity contribution in [1.29, 1.82) is 5.26 Å². The van der Waals surface area contributed by atoms with E-state index in [1.54, 1.807) is 11.3 Å². The van der Waals surface area contributed by atoms with Crippen LogP contribution in [-0.4, -0.2) is 40.5 Å². The number of carbonyl (C=O) groups is 1. The number of amides is 1. The lowest BCUT2D eigenvalue weighted by atomic mass is 9.72. The molecule has 2 heterocycles. The summed E-state index contributed by atoms with van der Waals surface area (Å²) in [5.74, 6) is 1.44. The summed E-state index contributed by atoms with van der Waals surface area (Å²) in [5.41, 5.74) is 4.11. The van der Waals surface area contributed by atoms with E-state index in [4.69, 9.17) is 0 Å². The normalized spacial score (nSPS) is 15.3. The Bertz CT molecular complexity index is 1280. The Morgan fingerprint density at radius 3 is 2.61 bits per heavy atom. The predicted octanol–water partition coefficient (Wildman–Crippen LogP) is 5.85. The molecule has 190 valence electrons. The van der Waals surface area contributed by atoms with E-state index in [-0.39, 0.29) is 17.1 Å². The molecule has 1 atom stereocenters. The highest BCUT2D eigenvalue weighted by Crippen LogP contribution is 2.44. The fourth-order valence-electron chi connectivity index (χ4n) is 4.63. The monoisotopic (exact) mass is 522 g/mol. The van der Waals surface area contributed by atoms with Crippen LogP contribution in [0.5, 0.6) is 0 Å². The van der Waals surface area contributed by atoms with Crippen molar-refractivity contribution < 1.29 is 4.79 Å². The first-order chi connectivity index (χ1) is 17.1. The molecule has 0 aliphatic heterocycles. The van der Waals surface area contributed by atoms with E-state index in [0.29, 0.717) is 28.2 Å². The van der Waals surface area contributed by atoms with E-state index >= 15 is 0 Å². The molecular weight excluding hydrogens is 488 g/mol. The molecule has 1 amide bonds. The van der Waals surface area contributed by atoms with Crippen molar-refractivity contribution in [3.63, 3.8) is 0 Å². The van der Waals surface area contributed by atoms with Gasteiger partial charge >= 0.3 is 0 Å². The number of nitrogens with zero attached hydrogens (tertiary/aromatic N) is 5. The van der Waals surface area contributed by atoms with E-state index in [1.165, 1.54) is 16.6 Å². The minimum Gasteiger partial charge on any atom is -0.378 e. The standard InChI is InChI=1S/C27H34N6OS2/c1-7-33-24(17-8-11-19(12-9-17)32(5)6)30-31-26(33)35-16-23(34)29-25-21(15-28)20-13-10-18(27(2,3)4)14-22(20)36-25/h8-9,11-12,18H,7,10,13-14,16H2,1-6H3,(H,29,34). The molecule has 1 N–H and O–H groups in total. The van der Waals surface area contributed by atoms with Crippen LogP contribution in [0.15, 0.2) is 29.4 Å². The van der Waals surface area contributed by atoms with Crippen LogP contribution in [-0.2, 0) is 24.2 Å². The van der Waals surface area contributed by atoms with Gasteiger partial charge in [-0.05, 0) is 67.3 Å². The Morgan fingerprint density at radius 2 is 2.00 bits per heavy atom. The Kier molecular flexibility index (Phi) is 7.76. The molecule has 1 aliphatic carbocycles. The van der Waals surface area contributed by atoms with Crippen LogP contribution in [0.3, 0.4) is 0 Å². The van der Waals surface area contributed by atoms with Gasteiger partial charge in [-0.3, -0.25) is 4.79 Å². The topological polar surface area (TPSA) is 86.8 Å².